The van der Waals surface area contributed by atoms with Gasteiger partial charge in [-0.15, -0.1) is 0 Å². The molecule has 37 heavy (non-hydrogen) atoms. The zero-order valence-electron chi connectivity index (χ0n) is 21.5. The standard InChI is InChI=1S/C29H33N3O5/c1-34-22-9-6-10-23(20-22)37-18-8-17-32-25-12-5-4-11-24(25)31-28(32)13-7-16-30-29(33)21-14-15-26(35-2)27(19-21)36-3/h4-6,9-12,14-15,19-20H,7-8,13,16-18H2,1-3H3,(H,30,33). The van der Waals surface area contributed by atoms with Crippen molar-refractivity contribution in [3.8, 4) is 23.0 Å². The first-order valence-corrected chi connectivity index (χ1v) is 12.3. The van der Waals surface area contributed by atoms with Crippen LogP contribution in [0.5, 0.6) is 23.0 Å². The number of carbonyl (C=O) groups is 1. The van der Waals surface area contributed by atoms with Gasteiger partial charge >= 0.3 is 0 Å². The minimum absolute atomic E-state index is 0.149. The number of fused-ring (bicyclic) bond motifs is 1. The molecule has 0 aliphatic carbocycles. The number of imidazole rings is 1. The van der Waals surface area contributed by atoms with Gasteiger partial charge in [0.1, 0.15) is 17.3 Å². The maximum Gasteiger partial charge on any atom is 0.251 e. The van der Waals surface area contributed by atoms with E-state index < -0.39 is 0 Å². The van der Waals surface area contributed by atoms with Crippen LogP contribution in [0.15, 0.2) is 66.7 Å². The molecule has 0 fully saturated rings. The predicted octanol–water partition coefficient (Wildman–Crippen LogP) is 4.89. The van der Waals surface area contributed by atoms with Crippen molar-refractivity contribution in [2.75, 3.05) is 34.5 Å². The number of carbonyl (C=O) groups excluding carboxylic acids is 1. The highest BCUT2D eigenvalue weighted by Crippen LogP contribution is 2.27. The van der Waals surface area contributed by atoms with E-state index >= 15 is 0 Å². The summed E-state index contributed by atoms with van der Waals surface area (Å²) in [7, 11) is 4.77. The Morgan fingerprint density at radius 1 is 0.865 bits per heavy atom. The average molecular weight is 504 g/mol. The second-order valence-corrected chi connectivity index (χ2v) is 8.48. The third kappa shape index (κ3) is 6.52. The molecule has 0 aliphatic rings. The molecule has 1 N–H and O–H groups in total. The molecular weight excluding hydrogens is 470 g/mol. The van der Waals surface area contributed by atoms with Gasteiger partial charge in [0.25, 0.3) is 5.91 Å². The Morgan fingerprint density at radius 3 is 2.49 bits per heavy atom. The number of aromatic nitrogens is 2. The van der Waals surface area contributed by atoms with Crippen LogP contribution in [0.1, 0.15) is 29.0 Å². The molecule has 0 saturated heterocycles. The van der Waals surface area contributed by atoms with E-state index in [1.54, 1.807) is 39.5 Å². The number of amides is 1. The molecule has 1 heterocycles. The van der Waals surface area contributed by atoms with E-state index in [2.05, 4.69) is 16.0 Å². The third-order valence-corrected chi connectivity index (χ3v) is 6.08. The zero-order chi connectivity index (χ0) is 26.0. The van der Waals surface area contributed by atoms with Crippen molar-refractivity contribution in [2.24, 2.45) is 0 Å². The molecule has 1 amide bonds. The highest BCUT2D eigenvalue weighted by molar-refractivity contribution is 5.94. The molecule has 0 spiro atoms. The second kappa shape index (κ2) is 12.7. The van der Waals surface area contributed by atoms with Crippen LogP contribution in [0.3, 0.4) is 0 Å². The zero-order valence-corrected chi connectivity index (χ0v) is 21.5. The van der Waals surface area contributed by atoms with Gasteiger partial charge in [0.2, 0.25) is 0 Å². The van der Waals surface area contributed by atoms with Crippen LogP contribution < -0.4 is 24.3 Å². The van der Waals surface area contributed by atoms with Crippen molar-refractivity contribution >= 4 is 16.9 Å². The van der Waals surface area contributed by atoms with E-state index in [9.17, 15) is 4.79 Å². The molecule has 8 heteroatoms. The van der Waals surface area contributed by atoms with E-state index in [0.29, 0.717) is 30.2 Å². The lowest BCUT2D eigenvalue weighted by Crippen LogP contribution is -2.25. The fourth-order valence-electron chi connectivity index (χ4n) is 4.20. The first-order valence-electron chi connectivity index (χ1n) is 12.3. The largest absolute Gasteiger partial charge is 0.497 e. The fourth-order valence-corrected chi connectivity index (χ4v) is 4.20. The molecule has 194 valence electrons. The molecule has 0 atom stereocenters. The Balaban J connectivity index is 1.32. The van der Waals surface area contributed by atoms with Gasteiger partial charge in [0.15, 0.2) is 11.5 Å². The van der Waals surface area contributed by atoms with E-state index in [1.165, 1.54) is 0 Å². The Bertz CT molecular complexity index is 1330. The van der Waals surface area contributed by atoms with Crippen molar-refractivity contribution in [2.45, 2.75) is 25.8 Å². The van der Waals surface area contributed by atoms with Gasteiger partial charge in [-0.2, -0.15) is 0 Å². The summed E-state index contributed by atoms with van der Waals surface area (Å²) in [6, 6.07) is 20.9. The Kier molecular flexibility index (Phi) is 8.86. The van der Waals surface area contributed by atoms with E-state index in [-0.39, 0.29) is 5.91 Å². The van der Waals surface area contributed by atoms with Crippen molar-refractivity contribution in [1.29, 1.82) is 0 Å². The number of para-hydroxylation sites is 2. The van der Waals surface area contributed by atoms with Gasteiger partial charge in [-0.1, -0.05) is 18.2 Å². The molecule has 1 aromatic heterocycles. The van der Waals surface area contributed by atoms with Gasteiger partial charge in [-0.05, 0) is 55.3 Å². The molecule has 0 unspecified atom stereocenters. The highest BCUT2D eigenvalue weighted by Gasteiger charge is 2.12. The summed E-state index contributed by atoms with van der Waals surface area (Å²) in [5, 5.41) is 2.99. The maximum absolute atomic E-state index is 12.6. The SMILES string of the molecule is COc1cccc(OCCCn2c(CCCNC(=O)c3ccc(OC)c(OC)c3)nc3ccccc32)c1. The molecule has 0 radical (unpaired) electrons. The molecule has 4 aromatic rings. The van der Waals surface area contributed by atoms with E-state index in [4.69, 9.17) is 23.9 Å². The summed E-state index contributed by atoms with van der Waals surface area (Å²) >= 11 is 0. The number of methoxy groups -OCH3 is 3. The summed E-state index contributed by atoms with van der Waals surface area (Å²) in [6.07, 6.45) is 2.35. The van der Waals surface area contributed by atoms with Gasteiger partial charge in [0, 0.05) is 31.1 Å². The predicted molar refractivity (Wildman–Crippen MR) is 143 cm³/mol. The normalized spacial score (nSPS) is 10.8. The molecule has 0 bridgehead atoms. The average Bonchev–Trinajstić information content (AvgIpc) is 3.30. The maximum atomic E-state index is 12.6. The first-order chi connectivity index (χ1) is 18.1. The number of hydrogen-bond acceptors (Lipinski definition) is 6. The first kappa shape index (κ1) is 25.9. The summed E-state index contributed by atoms with van der Waals surface area (Å²) in [4.78, 5) is 17.5. The lowest BCUT2D eigenvalue weighted by atomic mass is 10.2. The van der Waals surface area contributed by atoms with Crippen LogP contribution >= 0.6 is 0 Å². The second-order valence-electron chi connectivity index (χ2n) is 8.48. The number of aryl methyl sites for hydroxylation is 2. The lowest BCUT2D eigenvalue weighted by molar-refractivity contribution is 0.0952. The van der Waals surface area contributed by atoms with Crippen molar-refractivity contribution < 1.29 is 23.7 Å². The van der Waals surface area contributed by atoms with Crippen molar-refractivity contribution in [3.63, 3.8) is 0 Å². The number of hydrogen-bond donors (Lipinski definition) is 1. The Morgan fingerprint density at radius 2 is 1.68 bits per heavy atom. The van der Waals surface area contributed by atoms with Gasteiger partial charge in [-0.25, -0.2) is 4.98 Å². The summed E-state index contributed by atoms with van der Waals surface area (Å²) in [5.41, 5.74) is 2.61. The Hall–Kier alpha value is -4.20. The summed E-state index contributed by atoms with van der Waals surface area (Å²) < 4.78 is 24.0. The smallest absolute Gasteiger partial charge is 0.251 e. The topological polar surface area (TPSA) is 83.8 Å². The van der Waals surface area contributed by atoms with Crippen LogP contribution in [0.2, 0.25) is 0 Å². The summed E-state index contributed by atoms with van der Waals surface area (Å²) in [6.45, 7) is 1.91. The molecule has 4 rings (SSSR count). The van der Waals surface area contributed by atoms with Crippen LogP contribution in [0.4, 0.5) is 0 Å². The number of nitrogens with one attached hydrogen (secondary N) is 1. The molecule has 8 nitrogen and oxygen atoms in total. The third-order valence-electron chi connectivity index (χ3n) is 6.08. The van der Waals surface area contributed by atoms with Crippen LogP contribution in [-0.4, -0.2) is 49.9 Å². The number of benzene rings is 3. The molecule has 3 aromatic carbocycles. The van der Waals surface area contributed by atoms with Crippen molar-refractivity contribution in [1.82, 2.24) is 14.9 Å². The van der Waals surface area contributed by atoms with Crippen molar-refractivity contribution in [3.05, 3.63) is 78.1 Å². The lowest BCUT2D eigenvalue weighted by Gasteiger charge is -2.12. The molecular formula is C29H33N3O5. The van der Waals surface area contributed by atoms with Gasteiger partial charge in [-0.3, -0.25) is 4.79 Å². The number of nitrogens with zero attached hydrogens (tertiary/aromatic N) is 2. The van der Waals surface area contributed by atoms with Crippen LogP contribution in [0.25, 0.3) is 11.0 Å². The van der Waals surface area contributed by atoms with Crippen LogP contribution in [-0.2, 0) is 13.0 Å². The molecule has 0 aliphatic heterocycles. The minimum Gasteiger partial charge on any atom is -0.497 e. The van der Waals surface area contributed by atoms with E-state index in [1.807, 2.05) is 42.5 Å². The summed E-state index contributed by atoms with van der Waals surface area (Å²) in [5.74, 6) is 3.54. The molecule has 0 saturated carbocycles. The fraction of sp³-hybridized carbons (Fsp3) is 0.310. The minimum atomic E-state index is -0.149. The number of ether oxygens (including phenoxy) is 4. The van der Waals surface area contributed by atoms with Gasteiger partial charge in [0.05, 0.1) is 39.0 Å². The monoisotopic (exact) mass is 503 g/mol. The van der Waals surface area contributed by atoms with E-state index in [0.717, 1.165) is 54.2 Å². The van der Waals surface area contributed by atoms with Gasteiger partial charge < -0.3 is 28.8 Å². The number of rotatable bonds is 13. The Labute approximate surface area is 217 Å². The highest BCUT2D eigenvalue weighted by atomic mass is 16.5. The quantitative estimate of drug-likeness (QED) is 0.262. The van der Waals surface area contributed by atoms with Crippen LogP contribution in [0, 0.1) is 0 Å².